The molecular weight excluding hydrogens is 381 g/mol. The van der Waals surface area contributed by atoms with Gasteiger partial charge in [-0.05, 0) is 38.3 Å². The molecule has 158 valence electrons. The molecule has 0 aliphatic carbocycles. The maximum absolute atomic E-state index is 15.0. The number of rotatable bonds is 4. The number of carbonyl (C=O) groups is 2. The van der Waals surface area contributed by atoms with E-state index in [2.05, 4.69) is 0 Å². The Labute approximate surface area is 177 Å². The van der Waals surface area contributed by atoms with E-state index in [1.165, 1.54) is 0 Å². The van der Waals surface area contributed by atoms with Crippen LogP contribution in [0, 0.1) is 5.92 Å². The van der Waals surface area contributed by atoms with E-state index < -0.39 is 35.1 Å². The summed E-state index contributed by atoms with van der Waals surface area (Å²) in [7, 11) is 0. The second kappa shape index (κ2) is 7.62. The molecule has 2 aromatic carbocycles. The van der Waals surface area contributed by atoms with Crippen molar-refractivity contribution in [3.05, 3.63) is 71.8 Å². The zero-order valence-electron chi connectivity index (χ0n) is 17.7. The lowest BCUT2D eigenvalue weighted by Gasteiger charge is -2.45. The Morgan fingerprint density at radius 2 is 1.70 bits per heavy atom. The van der Waals surface area contributed by atoms with Crippen molar-refractivity contribution in [1.29, 1.82) is 0 Å². The molecule has 2 heterocycles. The standard InChI is InChI=1S/C25H28FNO3/c1-24(2,3)30-23(29)19-15-25(18-12-8-5-9-13-18)22(28)20(26)14-21(19)27(25)16-17-10-6-4-7-11-17/h4-13,19-21H,14-16H2,1-3H3/t19-,20+,21+,25-/m1/s1. The lowest BCUT2D eigenvalue weighted by molar-refractivity contribution is -0.161. The average Bonchev–Trinajstić information content (AvgIpc) is 2.96. The molecule has 2 aliphatic heterocycles. The summed E-state index contributed by atoms with van der Waals surface area (Å²) >= 11 is 0. The van der Waals surface area contributed by atoms with Crippen LogP contribution in [0.15, 0.2) is 60.7 Å². The minimum Gasteiger partial charge on any atom is -0.460 e. The fourth-order valence-corrected chi connectivity index (χ4v) is 4.97. The van der Waals surface area contributed by atoms with Crippen LogP contribution in [-0.4, -0.2) is 34.5 Å². The molecule has 0 spiro atoms. The van der Waals surface area contributed by atoms with Crippen molar-refractivity contribution in [2.45, 2.75) is 63.5 Å². The molecule has 0 aromatic heterocycles. The third kappa shape index (κ3) is 3.56. The Hall–Kier alpha value is -2.53. The zero-order valence-corrected chi connectivity index (χ0v) is 17.7. The smallest absolute Gasteiger partial charge is 0.311 e. The van der Waals surface area contributed by atoms with E-state index in [0.717, 1.165) is 11.1 Å². The second-order valence-electron chi connectivity index (χ2n) is 9.32. The van der Waals surface area contributed by atoms with E-state index in [-0.39, 0.29) is 18.8 Å². The van der Waals surface area contributed by atoms with Gasteiger partial charge in [0.1, 0.15) is 11.1 Å². The van der Waals surface area contributed by atoms with Gasteiger partial charge in [0.25, 0.3) is 0 Å². The number of ketones is 1. The summed E-state index contributed by atoms with van der Waals surface area (Å²) in [5.41, 5.74) is -0.0416. The van der Waals surface area contributed by atoms with Crippen LogP contribution in [0.1, 0.15) is 44.7 Å². The Bertz CT molecular complexity index is 924. The number of nitrogens with zero attached hydrogens (tertiary/aromatic N) is 1. The van der Waals surface area contributed by atoms with E-state index >= 15 is 4.39 Å². The minimum atomic E-state index is -1.59. The topological polar surface area (TPSA) is 46.6 Å². The lowest BCUT2D eigenvalue weighted by atomic mass is 9.79. The molecule has 0 radical (unpaired) electrons. The molecular formula is C25H28FNO3. The zero-order chi connectivity index (χ0) is 21.5. The first-order chi connectivity index (χ1) is 14.2. The Kier molecular flexibility index (Phi) is 5.27. The van der Waals surface area contributed by atoms with Gasteiger partial charge >= 0.3 is 5.97 Å². The van der Waals surface area contributed by atoms with E-state index in [1.807, 2.05) is 86.3 Å². The number of hydrogen-bond donors (Lipinski definition) is 0. The fourth-order valence-electron chi connectivity index (χ4n) is 4.97. The molecule has 0 unspecified atom stereocenters. The number of halogens is 1. The number of ether oxygens (including phenoxy) is 1. The van der Waals surface area contributed by atoms with Crippen molar-refractivity contribution in [2.24, 2.45) is 5.92 Å². The quantitative estimate of drug-likeness (QED) is 0.701. The molecule has 30 heavy (non-hydrogen) atoms. The number of Topliss-reactive ketones (excluding diaryl/α,β-unsaturated/α-hetero) is 1. The number of hydrogen-bond acceptors (Lipinski definition) is 4. The van der Waals surface area contributed by atoms with Gasteiger partial charge in [0.2, 0.25) is 0 Å². The van der Waals surface area contributed by atoms with Gasteiger partial charge in [-0.25, -0.2) is 4.39 Å². The third-order valence-electron chi connectivity index (χ3n) is 6.17. The van der Waals surface area contributed by atoms with E-state index in [4.69, 9.17) is 4.74 Å². The summed E-state index contributed by atoms with van der Waals surface area (Å²) in [6.07, 6.45) is -1.33. The number of carbonyl (C=O) groups excluding carboxylic acids is 2. The predicted octanol–water partition coefficient (Wildman–Crippen LogP) is 4.43. The van der Waals surface area contributed by atoms with Crippen LogP contribution in [0.5, 0.6) is 0 Å². The van der Waals surface area contributed by atoms with Crippen LogP contribution >= 0.6 is 0 Å². The van der Waals surface area contributed by atoms with Crippen molar-refractivity contribution < 1.29 is 18.7 Å². The van der Waals surface area contributed by atoms with Crippen LogP contribution in [0.3, 0.4) is 0 Å². The summed E-state index contributed by atoms with van der Waals surface area (Å²) in [5.74, 6) is -1.37. The molecule has 5 heteroatoms. The lowest BCUT2D eigenvalue weighted by Crippen LogP contribution is -2.58. The minimum absolute atomic E-state index is 0.0180. The molecule has 2 aliphatic rings. The van der Waals surface area contributed by atoms with Crippen LogP contribution < -0.4 is 0 Å². The largest absolute Gasteiger partial charge is 0.460 e. The number of alkyl halides is 1. The summed E-state index contributed by atoms with van der Waals surface area (Å²) in [6.45, 7) is 5.94. The summed E-state index contributed by atoms with van der Waals surface area (Å²) in [5, 5.41) is 0. The molecule has 2 saturated heterocycles. The molecule has 4 nitrogen and oxygen atoms in total. The fraction of sp³-hybridized carbons (Fsp3) is 0.440. The van der Waals surface area contributed by atoms with Crippen molar-refractivity contribution in [2.75, 3.05) is 0 Å². The Balaban J connectivity index is 1.81. The van der Waals surface area contributed by atoms with Gasteiger partial charge in [0.05, 0.1) is 5.92 Å². The van der Waals surface area contributed by atoms with E-state index in [0.29, 0.717) is 6.54 Å². The summed E-state index contributed by atoms with van der Waals surface area (Å²) in [4.78, 5) is 28.5. The number of esters is 1. The molecule has 2 aromatic rings. The van der Waals surface area contributed by atoms with Crippen LogP contribution in [-0.2, 0) is 26.4 Å². The number of fused-ring (bicyclic) bond motifs is 2. The SMILES string of the molecule is CC(C)(C)OC(=O)[C@@H]1C[C@@]2(c3ccccc3)C(=O)[C@@H](F)C[C@@H]1N2Cc1ccccc1. The maximum Gasteiger partial charge on any atom is 0.311 e. The van der Waals surface area contributed by atoms with Crippen LogP contribution in [0.4, 0.5) is 4.39 Å². The van der Waals surface area contributed by atoms with Gasteiger partial charge in [0, 0.05) is 19.0 Å². The van der Waals surface area contributed by atoms with Gasteiger partial charge in [-0.1, -0.05) is 60.7 Å². The predicted molar refractivity (Wildman–Crippen MR) is 112 cm³/mol. The van der Waals surface area contributed by atoms with Crippen molar-refractivity contribution in [3.63, 3.8) is 0 Å². The molecule has 2 bridgehead atoms. The highest BCUT2D eigenvalue weighted by Crippen LogP contribution is 2.53. The first-order valence-corrected chi connectivity index (χ1v) is 10.5. The second-order valence-corrected chi connectivity index (χ2v) is 9.32. The third-order valence-corrected chi connectivity index (χ3v) is 6.17. The highest BCUT2D eigenvalue weighted by atomic mass is 19.1. The molecule has 0 saturated carbocycles. The molecule has 4 atom stereocenters. The van der Waals surface area contributed by atoms with E-state index in [1.54, 1.807) is 0 Å². The number of piperidine rings is 1. The summed E-state index contributed by atoms with van der Waals surface area (Å²) < 4.78 is 20.7. The highest BCUT2D eigenvalue weighted by Gasteiger charge is 2.64. The Morgan fingerprint density at radius 1 is 1.10 bits per heavy atom. The highest BCUT2D eigenvalue weighted by molar-refractivity contribution is 5.96. The molecule has 0 N–H and O–H groups in total. The van der Waals surface area contributed by atoms with Crippen molar-refractivity contribution in [3.8, 4) is 0 Å². The van der Waals surface area contributed by atoms with Crippen LogP contribution in [0.25, 0.3) is 0 Å². The van der Waals surface area contributed by atoms with Gasteiger partial charge in [-0.15, -0.1) is 0 Å². The number of benzene rings is 2. The first-order valence-electron chi connectivity index (χ1n) is 10.5. The molecule has 4 rings (SSSR count). The van der Waals surface area contributed by atoms with E-state index in [9.17, 15) is 9.59 Å². The van der Waals surface area contributed by atoms with Crippen LogP contribution in [0.2, 0.25) is 0 Å². The Morgan fingerprint density at radius 3 is 2.30 bits per heavy atom. The molecule has 2 fully saturated rings. The maximum atomic E-state index is 15.0. The van der Waals surface area contributed by atoms with Crippen molar-refractivity contribution in [1.82, 2.24) is 4.90 Å². The normalized spacial score (nSPS) is 29.1. The van der Waals surface area contributed by atoms with Gasteiger partial charge in [0.15, 0.2) is 12.0 Å². The monoisotopic (exact) mass is 409 g/mol. The first kappa shape index (κ1) is 20.7. The van der Waals surface area contributed by atoms with Crippen molar-refractivity contribution >= 4 is 11.8 Å². The van der Waals surface area contributed by atoms with Gasteiger partial charge in [-0.3, -0.25) is 14.5 Å². The molecule has 0 amide bonds. The average molecular weight is 410 g/mol. The van der Waals surface area contributed by atoms with Gasteiger partial charge < -0.3 is 4.74 Å². The summed E-state index contributed by atoms with van der Waals surface area (Å²) in [6, 6.07) is 18.7. The van der Waals surface area contributed by atoms with Gasteiger partial charge in [-0.2, -0.15) is 0 Å².